The summed E-state index contributed by atoms with van der Waals surface area (Å²) >= 11 is 1.60. The molecular weight excluding hydrogens is 310 g/mol. The second kappa shape index (κ2) is 8.66. The van der Waals surface area contributed by atoms with E-state index in [1.807, 2.05) is 13.8 Å². The summed E-state index contributed by atoms with van der Waals surface area (Å²) in [7, 11) is 0. The Morgan fingerprint density at radius 2 is 2.24 bits per heavy atom. The maximum atomic E-state index is 11.9. The third-order valence-electron chi connectivity index (χ3n) is 3.97. The van der Waals surface area contributed by atoms with Gasteiger partial charge in [-0.3, -0.25) is 4.79 Å². The van der Waals surface area contributed by atoms with Crippen molar-refractivity contribution in [2.24, 2.45) is 11.7 Å². The van der Waals surface area contributed by atoms with Gasteiger partial charge in [0.05, 0.1) is 11.4 Å². The molecule has 5 nitrogen and oxygen atoms in total. The van der Waals surface area contributed by atoms with Crippen molar-refractivity contribution in [1.82, 2.24) is 10.5 Å². The fourth-order valence-corrected chi connectivity index (χ4v) is 3.70. The van der Waals surface area contributed by atoms with E-state index in [1.54, 1.807) is 11.8 Å². The van der Waals surface area contributed by atoms with Crippen molar-refractivity contribution in [1.29, 1.82) is 0 Å². The van der Waals surface area contributed by atoms with E-state index in [0.717, 1.165) is 35.6 Å². The average Bonchev–Trinajstić information content (AvgIpc) is 2.99. The zero-order valence-corrected chi connectivity index (χ0v) is 14.2. The van der Waals surface area contributed by atoms with Crippen LogP contribution < -0.4 is 11.1 Å². The summed E-state index contributed by atoms with van der Waals surface area (Å²) in [6.45, 7) is 4.49. The van der Waals surface area contributed by atoms with Gasteiger partial charge in [-0.05, 0) is 39.2 Å². The van der Waals surface area contributed by atoms with Gasteiger partial charge in [0.15, 0.2) is 0 Å². The summed E-state index contributed by atoms with van der Waals surface area (Å²) in [6, 6.07) is 0.271. The van der Waals surface area contributed by atoms with E-state index >= 15 is 0 Å². The highest BCUT2D eigenvalue weighted by Crippen LogP contribution is 2.25. The smallest absolute Gasteiger partial charge is 0.230 e. The molecule has 2 rings (SSSR count). The van der Waals surface area contributed by atoms with Crippen LogP contribution in [0.25, 0.3) is 0 Å². The number of aromatic nitrogens is 1. The molecule has 1 amide bonds. The van der Waals surface area contributed by atoms with Crippen LogP contribution >= 0.6 is 24.2 Å². The van der Waals surface area contributed by atoms with E-state index in [0.29, 0.717) is 18.2 Å². The number of halogens is 1. The quantitative estimate of drug-likeness (QED) is 0.834. The van der Waals surface area contributed by atoms with Gasteiger partial charge in [0, 0.05) is 17.4 Å². The molecule has 21 heavy (non-hydrogen) atoms. The Morgan fingerprint density at radius 3 is 2.86 bits per heavy atom. The highest BCUT2D eigenvalue weighted by Gasteiger charge is 2.27. The van der Waals surface area contributed by atoms with Crippen molar-refractivity contribution in [3.8, 4) is 0 Å². The number of aryl methyl sites for hydroxylation is 2. The number of hydrogen-bond acceptors (Lipinski definition) is 5. The van der Waals surface area contributed by atoms with Crippen molar-refractivity contribution >= 4 is 30.1 Å². The molecule has 1 fully saturated rings. The van der Waals surface area contributed by atoms with Crippen LogP contribution in [0.1, 0.15) is 36.3 Å². The summed E-state index contributed by atoms with van der Waals surface area (Å²) < 4.78 is 5.11. The van der Waals surface area contributed by atoms with Crippen molar-refractivity contribution in [2.75, 3.05) is 12.3 Å². The second-order valence-corrected chi connectivity index (χ2v) is 6.38. The molecule has 2 unspecified atom stereocenters. The number of thioether (sulfide) groups is 1. The summed E-state index contributed by atoms with van der Waals surface area (Å²) in [6.07, 6.45) is 3.36. The minimum atomic E-state index is 0. The molecule has 7 heteroatoms. The lowest BCUT2D eigenvalue weighted by Gasteiger charge is -2.19. The monoisotopic (exact) mass is 333 g/mol. The second-order valence-electron chi connectivity index (χ2n) is 5.40. The van der Waals surface area contributed by atoms with Crippen molar-refractivity contribution in [2.45, 2.75) is 44.9 Å². The number of hydrogen-bond donors (Lipinski definition) is 2. The Bertz CT molecular complexity index is 448. The van der Waals surface area contributed by atoms with Crippen LogP contribution in [-0.2, 0) is 10.5 Å². The molecule has 3 N–H and O–H groups in total. The number of amides is 1. The predicted molar refractivity (Wildman–Crippen MR) is 87.7 cm³/mol. The first-order chi connectivity index (χ1) is 9.61. The average molecular weight is 334 g/mol. The molecule has 120 valence electrons. The number of carbonyl (C=O) groups excluding carboxylic acids is 1. The van der Waals surface area contributed by atoms with E-state index < -0.39 is 0 Å². The third-order valence-corrected chi connectivity index (χ3v) is 4.93. The van der Waals surface area contributed by atoms with E-state index in [2.05, 4.69) is 10.5 Å². The van der Waals surface area contributed by atoms with Crippen LogP contribution in [0, 0.1) is 19.8 Å². The summed E-state index contributed by atoms with van der Waals surface area (Å²) in [5.41, 5.74) is 7.74. The Hall–Kier alpha value is -0.720. The SMILES string of the molecule is Cc1noc(C)c1CSCC(=O)NC1CCCC1CN.Cl. The molecule has 0 aromatic carbocycles. The molecule has 2 atom stereocenters. The first-order valence-corrected chi connectivity index (χ1v) is 8.26. The highest BCUT2D eigenvalue weighted by molar-refractivity contribution is 7.99. The van der Waals surface area contributed by atoms with Crippen molar-refractivity contribution in [3.05, 3.63) is 17.0 Å². The lowest BCUT2D eigenvalue weighted by molar-refractivity contribution is -0.119. The van der Waals surface area contributed by atoms with Gasteiger partial charge in [0.1, 0.15) is 5.76 Å². The van der Waals surface area contributed by atoms with Crippen LogP contribution in [0.2, 0.25) is 0 Å². The first-order valence-electron chi connectivity index (χ1n) is 7.10. The Balaban J connectivity index is 0.00000220. The predicted octanol–water partition coefficient (Wildman–Crippen LogP) is 2.19. The Kier molecular flexibility index (Phi) is 7.56. The van der Waals surface area contributed by atoms with Gasteiger partial charge >= 0.3 is 0 Å². The van der Waals surface area contributed by atoms with Gasteiger partial charge in [-0.25, -0.2) is 0 Å². The molecule has 1 saturated carbocycles. The van der Waals surface area contributed by atoms with E-state index in [1.165, 1.54) is 6.42 Å². The first kappa shape index (κ1) is 18.3. The minimum Gasteiger partial charge on any atom is -0.361 e. The van der Waals surface area contributed by atoms with Crippen molar-refractivity contribution < 1.29 is 9.32 Å². The van der Waals surface area contributed by atoms with Gasteiger partial charge in [-0.2, -0.15) is 0 Å². The van der Waals surface area contributed by atoms with Gasteiger partial charge in [-0.1, -0.05) is 11.6 Å². The van der Waals surface area contributed by atoms with Gasteiger partial charge in [0.25, 0.3) is 0 Å². The Labute approximate surface area is 136 Å². The van der Waals surface area contributed by atoms with E-state index in [4.69, 9.17) is 10.3 Å². The maximum Gasteiger partial charge on any atom is 0.230 e. The number of nitrogens with one attached hydrogen (secondary N) is 1. The molecule has 0 saturated heterocycles. The van der Waals surface area contributed by atoms with Gasteiger partial charge in [0.2, 0.25) is 5.91 Å². The maximum absolute atomic E-state index is 11.9. The topological polar surface area (TPSA) is 81.2 Å². The van der Waals surface area contributed by atoms with Gasteiger partial charge < -0.3 is 15.6 Å². The van der Waals surface area contributed by atoms with E-state index in [9.17, 15) is 4.79 Å². The number of carbonyl (C=O) groups is 1. The summed E-state index contributed by atoms with van der Waals surface area (Å²) in [5.74, 6) is 2.63. The lowest BCUT2D eigenvalue weighted by Crippen LogP contribution is -2.40. The van der Waals surface area contributed by atoms with Crippen LogP contribution in [-0.4, -0.2) is 29.4 Å². The molecule has 0 spiro atoms. The third kappa shape index (κ3) is 4.90. The molecule has 1 aliphatic rings. The molecule has 1 aromatic heterocycles. The van der Waals surface area contributed by atoms with E-state index in [-0.39, 0.29) is 24.4 Å². The molecule has 0 aliphatic heterocycles. The molecule has 0 bridgehead atoms. The van der Waals surface area contributed by atoms with Crippen LogP contribution in [0.15, 0.2) is 4.52 Å². The fraction of sp³-hybridized carbons (Fsp3) is 0.714. The number of rotatable bonds is 6. The lowest BCUT2D eigenvalue weighted by atomic mass is 10.0. The summed E-state index contributed by atoms with van der Waals surface area (Å²) in [4.78, 5) is 11.9. The van der Waals surface area contributed by atoms with Crippen molar-refractivity contribution in [3.63, 3.8) is 0 Å². The fourth-order valence-electron chi connectivity index (χ4n) is 2.71. The van der Waals surface area contributed by atoms with Crippen LogP contribution in [0.4, 0.5) is 0 Å². The molecule has 0 radical (unpaired) electrons. The minimum absolute atomic E-state index is 0. The van der Waals surface area contributed by atoms with Gasteiger partial charge in [-0.15, -0.1) is 24.2 Å². The largest absolute Gasteiger partial charge is 0.361 e. The zero-order valence-electron chi connectivity index (χ0n) is 12.6. The molecule has 1 heterocycles. The van der Waals surface area contributed by atoms with Crippen LogP contribution in [0.5, 0.6) is 0 Å². The van der Waals surface area contributed by atoms with Crippen LogP contribution in [0.3, 0.4) is 0 Å². The standard InChI is InChI=1S/C14H23N3O2S.ClH/c1-9-12(10(2)19-17-9)7-20-8-14(18)16-13-5-3-4-11(13)6-15;/h11,13H,3-8,15H2,1-2H3,(H,16,18);1H. The molecule has 1 aliphatic carbocycles. The summed E-state index contributed by atoms with van der Waals surface area (Å²) in [5, 5.41) is 7.03. The number of nitrogens with zero attached hydrogens (tertiary/aromatic N) is 1. The highest BCUT2D eigenvalue weighted by atomic mass is 35.5. The zero-order chi connectivity index (χ0) is 14.5. The molecule has 1 aromatic rings. The number of nitrogens with two attached hydrogens (primary N) is 1. The normalized spacial score (nSPS) is 21.1. The molecular formula is C14H24ClN3O2S. The Morgan fingerprint density at radius 1 is 1.48 bits per heavy atom.